The van der Waals surface area contributed by atoms with E-state index in [1.807, 2.05) is 11.7 Å². The Hall–Kier alpha value is -0.830. The molecule has 98 valence electrons. The van der Waals surface area contributed by atoms with Gasteiger partial charge in [0.1, 0.15) is 0 Å². The van der Waals surface area contributed by atoms with Crippen LogP contribution in [0.5, 0.6) is 0 Å². The second-order valence-electron chi connectivity index (χ2n) is 5.27. The molecule has 0 bridgehead atoms. The van der Waals surface area contributed by atoms with Gasteiger partial charge in [-0.1, -0.05) is 33.6 Å². The van der Waals surface area contributed by atoms with E-state index in [0.717, 1.165) is 12.5 Å². The summed E-state index contributed by atoms with van der Waals surface area (Å²) < 4.78 is 1.96. The molecule has 0 aromatic carbocycles. The van der Waals surface area contributed by atoms with Gasteiger partial charge in [0.25, 0.3) is 0 Å². The summed E-state index contributed by atoms with van der Waals surface area (Å²) in [5, 5.41) is 8.12. The molecule has 1 aromatic heterocycles. The lowest BCUT2D eigenvalue weighted by Crippen LogP contribution is -2.21. The zero-order valence-corrected chi connectivity index (χ0v) is 12.0. The largest absolute Gasteiger partial charge is 0.309 e. The topological polar surface area (TPSA) is 29.9 Å². The standard InChI is InChI=1S/C14H27N3/c1-6-15-13(9-7-8-11(2)3)14-10-12(4)17(5)16-14/h10-11,13,15H,6-9H2,1-5H3. The third-order valence-corrected chi connectivity index (χ3v) is 3.21. The number of hydrogen-bond donors (Lipinski definition) is 1. The maximum Gasteiger partial charge on any atom is 0.0796 e. The molecule has 0 amide bonds. The summed E-state index contributed by atoms with van der Waals surface area (Å²) >= 11 is 0. The Kier molecular flexibility index (Phi) is 5.69. The zero-order chi connectivity index (χ0) is 12.8. The van der Waals surface area contributed by atoms with Crippen LogP contribution in [-0.4, -0.2) is 16.3 Å². The molecule has 0 fully saturated rings. The van der Waals surface area contributed by atoms with Crippen molar-refractivity contribution < 1.29 is 0 Å². The SMILES string of the molecule is CCNC(CCCC(C)C)c1cc(C)n(C)n1. The molecular weight excluding hydrogens is 210 g/mol. The highest BCUT2D eigenvalue weighted by Crippen LogP contribution is 2.20. The predicted molar refractivity (Wildman–Crippen MR) is 73.1 cm³/mol. The Morgan fingerprint density at radius 1 is 1.35 bits per heavy atom. The Morgan fingerprint density at radius 3 is 2.53 bits per heavy atom. The predicted octanol–water partition coefficient (Wildman–Crippen LogP) is 3.21. The first-order valence-corrected chi connectivity index (χ1v) is 6.78. The molecule has 0 saturated carbocycles. The molecule has 1 unspecified atom stereocenters. The van der Waals surface area contributed by atoms with Gasteiger partial charge in [0, 0.05) is 12.7 Å². The third kappa shape index (κ3) is 4.50. The van der Waals surface area contributed by atoms with Crippen molar-refractivity contribution in [2.45, 2.75) is 53.0 Å². The summed E-state index contributed by atoms with van der Waals surface area (Å²) in [4.78, 5) is 0. The first kappa shape index (κ1) is 14.2. The van der Waals surface area contributed by atoms with Crippen LogP contribution in [0.1, 0.15) is 57.5 Å². The summed E-state index contributed by atoms with van der Waals surface area (Å²) in [6.45, 7) is 9.83. The number of nitrogens with zero attached hydrogens (tertiary/aromatic N) is 2. The highest BCUT2D eigenvalue weighted by molar-refractivity contribution is 5.12. The summed E-state index contributed by atoms with van der Waals surface area (Å²) in [6, 6.07) is 2.61. The Morgan fingerprint density at radius 2 is 2.06 bits per heavy atom. The molecule has 0 aliphatic carbocycles. The van der Waals surface area contributed by atoms with Gasteiger partial charge in [-0.25, -0.2) is 0 Å². The van der Waals surface area contributed by atoms with Crippen molar-refractivity contribution in [2.24, 2.45) is 13.0 Å². The van der Waals surface area contributed by atoms with Crippen molar-refractivity contribution in [3.05, 3.63) is 17.5 Å². The van der Waals surface area contributed by atoms with Gasteiger partial charge in [0.05, 0.1) is 11.7 Å². The van der Waals surface area contributed by atoms with E-state index < -0.39 is 0 Å². The van der Waals surface area contributed by atoms with Crippen LogP contribution in [0, 0.1) is 12.8 Å². The van der Waals surface area contributed by atoms with Crippen LogP contribution in [0.25, 0.3) is 0 Å². The summed E-state index contributed by atoms with van der Waals surface area (Å²) in [7, 11) is 2.01. The van der Waals surface area contributed by atoms with Crippen LogP contribution in [0.4, 0.5) is 0 Å². The van der Waals surface area contributed by atoms with Gasteiger partial charge < -0.3 is 5.32 Å². The third-order valence-electron chi connectivity index (χ3n) is 3.21. The average Bonchev–Trinajstić information content (AvgIpc) is 2.57. The molecule has 3 nitrogen and oxygen atoms in total. The number of rotatable bonds is 7. The molecule has 3 heteroatoms. The molecule has 1 N–H and O–H groups in total. The number of aryl methyl sites for hydroxylation is 2. The van der Waals surface area contributed by atoms with Crippen molar-refractivity contribution in [1.29, 1.82) is 0 Å². The highest BCUT2D eigenvalue weighted by Gasteiger charge is 2.14. The van der Waals surface area contributed by atoms with Crippen molar-refractivity contribution in [3.63, 3.8) is 0 Å². The Labute approximate surface area is 106 Å². The Bertz CT molecular complexity index is 309. The van der Waals surface area contributed by atoms with Gasteiger partial charge in [0.15, 0.2) is 0 Å². The van der Waals surface area contributed by atoms with E-state index in [9.17, 15) is 0 Å². The van der Waals surface area contributed by atoms with Crippen molar-refractivity contribution >= 4 is 0 Å². The monoisotopic (exact) mass is 237 g/mol. The quantitative estimate of drug-likeness (QED) is 0.789. The average molecular weight is 237 g/mol. The van der Waals surface area contributed by atoms with Crippen molar-refractivity contribution in [3.8, 4) is 0 Å². The second-order valence-corrected chi connectivity index (χ2v) is 5.27. The fraction of sp³-hybridized carbons (Fsp3) is 0.786. The molecule has 0 aliphatic rings. The minimum absolute atomic E-state index is 0.415. The van der Waals surface area contributed by atoms with Gasteiger partial charge in [-0.2, -0.15) is 5.10 Å². The van der Waals surface area contributed by atoms with Crippen LogP contribution in [-0.2, 0) is 7.05 Å². The van der Waals surface area contributed by atoms with E-state index in [-0.39, 0.29) is 0 Å². The van der Waals surface area contributed by atoms with E-state index in [0.29, 0.717) is 6.04 Å². The minimum atomic E-state index is 0.415. The zero-order valence-electron chi connectivity index (χ0n) is 12.0. The van der Waals surface area contributed by atoms with E-state index >= 15 is 0 Å². The van der Waals surface area contributed by atoms with Gasteiger partial charge in [0.2, 0.25) is 0 Å². The molecule has 0 spiro atoms. The fourth-order valence-electron chi connectivity index (χ4n) is 2.09. The Balaban J connectivity index is 2.58. The van der Waals surface area contributed by atoms with E-state index in [1.165, 1.54) is 30.7 Å². The lowest BCUT2D eigenvalue weighted by molar-refractivity contribution is 0.445. The first-order chi connectivity index (χ1) is 8.04. The van der Waals surface area contributed by atoms with E-state index in [2.05, 4.69) is 44.2 Å². The molecule has 17 heavy (non-hydrogen) atoms. The maximum absolute atomic E-state index is 4.58. The van der Waals surface area contributed by atoms with E-state index in [4.69, 9.17) is 0 Å². The molecule has 1 heterocycles. The van der Waals surface area contributed by atoms with Crippen LogP contribution in [0.2, 0.25) is 0 Å². The number of aromatic nitrogens is 2. The van der Waals surface area contributed by atoms with Crippen molar-refractivity contribution in [1.82, 2.24) is 15.1 Å². The molecule has 1 atom stereocenters. The fourth-order valence-corrected chi connectivity index (χ4v) is 2.09. The van der Waals surface area contributed by atoms with Crippen LogP contribution < -0.4 is 5.32 Å². The summed E-state index contributed by atoms with van der Waals surface area (Å²) in [6.07, 6.45) is 3.75. The van der Waals surface area contributed by atoms with Gasteiger partial charge in [-0.3, -0.25) is 4.68 Å². The van der Waals surface area contributed by atoms with Crippen LogP contribution in [0.3, 0.4) is 0 Å². The van der Waals surface area contributed by atoms with Gasteiger partial charge >= 0.3 is 0 Å². The van der Waals surface area contributed by atoms with Crippen LogP contribution >= 0.6 is 0 Å². The lowest BCUT2D eigenvalue weighted by Gasteiger charge is -2.16. The first-order valence-electron chi connectivity index (χ1n) is 6.78. The molecular formula is C14H27N3. The molecule has 1 aromatic rings. The second kappa shape index (κ2) is 6.80. The molecule has 0 aliphatic heterocycles. The summed E-state index contributed by atoms with van der Waals surface area (Å²) in [5.74, 6) is 0.794. The lowest BCUT2D eigenvalue weighted by atomic mass is 10.0. The minimum Gasteiger partial charge on any atom is -0.309 e. The van der Waals surface area contributed by atoms with E-state index in [1.54, 1.807) is 0 Å². The number of nitrogens with one attached hydrogen (secondary N) is 1. The van der Waals surface area contributed by atoms with Crippen molar-refractivity contribution in [2.75, 3.05) is 6.54 Å². The van der Waals surface area contributed by atoms with Gasteiger partial charge in [-0.05, 0) is 31.9 Å². The van der Waals surface area contributed by atoms with Gasteiger partial charge in [-0.15, -0.1) is 0 Å². The number of hydrogen-bond acceptors (Lipinski definition) is 2. The molecule has 0 saturated heterocycles. The summed E-state index contributed by atoms with van der Waals surface area (Å²) in [5.41, 5.74) is 2.42. The smallest absolute Gasteiger partial charge is 0.0796 e. The molecule has 0 radical (unpaired) electrons. The normalized spacial score (nSPS) is 13.3. The van der Waals surface area contributed by atoms with Crippen LogP contribution in [0.15, 0.2) is 6.07 Å². The maximum atomic E-state index is 4.58. The highest BCUT2D eigenvalue weighted by atomic mass is 15.3. The molecule has 1 rings (SSSR count).